The minimum Gasteiger partial charge on any atom is -0.463 e. The summed E-state index contributed by atoms with van der Waals surface area (Å²) >= 11 is 1.07. The normalized spacial score (nSPS) is 26.0. The zero-order valence-corrected chi connectivity index (χ0v) is 50.9. The predicted molar refractivity (Wildman–Crippen MR) is 313 cm³/mol. The molecule has 0 saturated carbocycles. The first-order valence-electron chi connectivity index (χ1n) is 28.7. The lowest BCUT2D eigenvalue weighted by Crippen LogP contribution is -2.67. The quantitative estimate of drug-likeness (QED) is 0.0479. The van der Waals surface area contributed by atoms with Crippen LogP contribution in [0.25, 0.3) is 0 Å². The van der Waals surface area contributed by atoms with Crippen LogP contribution in [0.3, 0.4) is 0 Å². The van der Waals surface area contributed by atoms with Crippen molar-refractivity contribution in [3.63, 3.8) is 0 Å². The monoisotopic (exact) mass is 1280 g/mol. The minimum atomic E-state index is -2.11. The summed E-state index contributed by atoms with van der Waals surface area (Å²) in [5.41, 5.74) is -1.25. The molecule has 0 amide bonds. The Hall–Kier alpha value is -9.05. The molecule has 5 aromatic carbocycles. The van der Waals surface area contributed by atoms with Gasteiger partial charge in [0.2, 0.25) is 0 Å². The van der Waals surface area contributed by atoms with Gasteiger partial charge in [0.05, 0.1) is 34.4 Å². The second-order valence-corrected chi connectivity index (χ2v) is 21.9. The Morgan fingerprint density at radius 1 is 0.330 bits per heavy atom. The molecule has 0 spiro atoms. The summed E-state index contributed by atoms with van der Waals surface area (Å²) in [5.74, 6) is -9.22. The van der Waals surface area contributed by atoms with Crippen LogP contribution in [0.4, 0.5) is 0 Å². The zero-order valence-electron chi connectivity index (χ0n) is 50.0. The van der Waals surface area contributed by atoms with Crippen molar-refractivity contribution in [2.75, 3.05) is 25.6 Å². The van der Waals surface area contributed by atoms with Crippen LogP contribution in [-0.4, -0.2) is 177 Å². The van der Waals surface area contributed by atoms with Gasteiger partial charge in [0.25, 0.3) is 0 Å². The molecule has 91 heavy (non-hydrogen) atoms. The number of thioether (sulfide) groups is 1. The molecule has 0 unspecified atom stereocenters. The Morgan fingerprint density at radius 3 is 1.08 bits per heavy atom. The summed E-state index contributed by atoms with van der Waals surface area (Å²) in [5, 5.41) is 0. The molecule has 482 valence electrons. The fourth-order valence-corrected chi connectivity index (χ4v) is 10.9. The van der Waals surface area contributed by atoms with E-state index < -0.39 is 171 Å². The Morgan fingerprint density at radius 2 is 0.648 bits per heavy atom. The molecule has 0 aromatic heterocycles. The molecule has 8 rings (SSSR count). The van der Waals surface area contributed by atoms with E-state index >= 15 is 0 Å². The van der Waals surface area contributed by atoms with Crippen molar-refractivity contribution in [2.24, 2.45) is 0 Å². The number of carbonyl (C=O) groups excluding carboxylic acids is 10. The van der Waals surface area contributed by atoms with Gasteiger partial charge in [0.1, 0.15) is 43.1 Å². The smallest absolute Gasteiger partial charge is 0.338 e. The van der Waals surface area contributed by atoms with Gasteiger partial charge in [-0.15, -0.1) is 11.8 Å². The Bertz CT molecular complexity index is 3300. The maximum absolute atomic E-state index is 14.7. The second-order valence-electron chi connectivity index (χ2n) is 20.5. The summed E-state index contributed by atoms with van der Waals surface area (Å²) in [4.78, 5) is 136. The standard InChI is InChI=1S/C65H66O25S/c1-7-91-65-57(89-62(75)45-31-21-12-22-32-45)54(50(80-38(4)68)48(85-65)35-78-63-55(82-40(6)70)52(81-39(5)69)49(79-37(3)67)46(83-63)33-76-36(2)66)90-64-56(88-61(74)44-29-19-11-20-30-44)53(87-60(73)43-27-17-10-18-28-43)51(86-59(72)42-25-15-9-16-26-42)47(84-64)34-77-58(71)41-23-13-8-14-24-41/h8-32,46-57,63-65H,7,33-35H2,1-6H3/t46-,47-,48-,49-,50-,51-,52+,53+,54+,55-,56-,57-,63-,64+,65+/m1/s1. The van der Waals surface area contributed by atoms with Gasteiger partial charge in [0, 0.05) is 34.6 Å². The third kappa shape index (κ3) is 18.5. The number of hydrogen-bond donors (Lipinski definition) is 0. The lowest BCUT2D eigenvalue weighted by molar-refractivity contribution is -0.341. The minimum absolute atomic E-state index is 0.0120. The van der Waals surface area contributed by atoms with E-state index in [0.717, 1.165) is 46.4 Å². The van der Waals surface area contributed by atoms with Crippen molar-refractivity contribution in [2.45, 2.75) is 133 Å². The molecule has 3 fully saturated rings. The Balaban J connectivity index is 1.28. The van der Waals surface area contributed by atoms with Gasteiger partial charge in [-0.2, -0.15) is 0 Å². The summed E-state index contributed by atoms with van der Waals surface area (Å²) in [7, 11) is 0. The van der Waals surface area contributed by atoms with Crippen molar-refractivity contribution < 1.29 is 119 Å². The van der Waals surface area contributed by atoms with Crippen LogP contribution in [0.2, 0.25) is 0 Å². The number of esters is 10. The molecule has 15 atom stereocenters. The lowest BCUT2D eigenvalue weighted by Gasteiger charge is -2.49. The van der Waals surface area contributed by atoms with E-state index in [1.807, 2.05) is 0 Å². The van der Waals surface area contributed by atoms with Crippen LogP contribution < -0.4 is 0 Å². The summed E-state index contributed by atoms with van der Waals surface area (Å²) in [6, 6.07) is 38.4. The van der Waals surface area contributed by atoms with Crippen LogP contribution in [0.5, 0.6) is 0 Å². The fourth-order valence-electron chi connectivity index (χ4n) is 10.00. The topological polar surface area (TPSA) is 309 Å². The molecule has 3 aliphatic rings. The maximum Gasteiger partial charge on any atom is 0.338 e. The van der Waals surface area contributed by atoms with Crippen molar-refractivity contribution in [1.29, 1.82) is 0 Å². The van der Waals surface area contributed by atoms with Crippen LogP contribution in [0.1, 0.15) is 93.3 Å². The van der Waals surface area contributed by atoms with Crippen molar-refractivity contribution in [3.05, 3.63) is 179 Å². The average Bonchev–Trinajstić information content (AvgIpc) is 0.782. The van der Waals surface area contributed by atoms with Crippen LogP contribution in [-0.2, 0) is 95.0 Å². The van der Waals surface area contributed by atoms with Crippen LogP contribution in [0.15, 0.2) is 152 Å². The molecule has 0 aliphatic carbocycles. The first kappa shape index (κ1) is 67.9. The Labute approximate surface area is 526 Å². The molecule has 25 nitrogen and oxygen atoms in total. The number of ether oxygens (including phenoxy) is 15. The molecule has 3 aliphatic heterocycles. The molecular formula is C65H66O25S. The Kier molecular flexibility index (Phi) is 24.3. The fraction of sp³-hybridized carbons (Fsp3) is 0.385. The van der Waals surface area contributed by atoms with E-state index in [1.54, 1.807) is 97.9 Å². The molecule has 0 radical (unpaired) electrons. The highest BCUT2D eigenvalue weighted by molar-refractivity contribution is 7.99. The SMILES string of the molecule is CCS[C@@H]1O[C@H](CO[C@@H]2O[C@H](COC(C)=O)[C@@H](OC(C)=O)[C@H](OC(C)=O)[C@H]2OC(C)=O)[C@@H](OC(C)=O)[C@H](O[C@@H]2O[C@H](COC(=O)c3ccccc3)[C@@H](OC(=O)c3ccccc3)[C@H](OC(=O)c3ccccc3)[C@H]2OC(=O)c2ccccc2)[C@H]1OC(=O)c1ccccc1. The third-order valence-electron chi connectivity index (χ3n) is 13.9. The van der Waals surface area contributed by atoms with E-state index in [4.69, 9.17) is 71.1 Å². The summed E-state index contributed by atoms with van der Waals surface area (Å²) in [6.45, 7) is 4.82. The van der Waals surface area contributed by atoms with Crippen LogP contribution >= 0.6 is 11.8 Å². The van der Waals surface area contributed by atoms with E-state index in [-0.39, 0.29) is 33.6 Å². The summed E-state index contributed by atoms with van der Waals surface area (Å²) < 4.78 is 92.4. The van der Waals surface area contributed by atoms with Gasteiger partial charge in [-0.05, 0) is 66.4 Å². The predicted octanol–water partition coefficient (Wildman–Crippen LogP) is 6.37. The molecule has 3 saturated heterocycles. The average molecular weight is 1280 g/mol. The molecule has 0 bridgehead atoms. The van der Waals surface area contributed by atoms with Crippen molar-refractivity contribution in [3.8, 4) is 0 Å². The van der Waals surface area contributed by atoms with Gasteiger partial charge in [-0.1, -0.05) is 97.9 Å². The van der Waals surface area contributed by atoms with E-state index in [1.165, 1.54) is 60.7 Å². The first-order valence-corrected chi connectivity index (χ1v) is 29.8. The van der Waals surface area contributed by atoms with Gasteiger partial charge >= 0.3 is 59.7 Å². The second kappa shape index (κ2) is 32.6. The molecule has 26 heteroatoms. The highest BCUT2D eigenvalue weighted by atomic mass is 32.2. The highest BCUT2D eigenvalue weighted by Crippen LogP contribution is 2.40. The number of hydrogen-bond acceptors (Lipinski definition) is 26. The zero-order chi connectivity index (χ0) is 65.1. The summed E-state index contributed by atoms with van der Waals surface area (Å²) in [6.07, 6.45) is -24.9. The number of benzene rings is 5. The van der Waals surface area contributed by atoms with E-state index in [0.29, 0.717) is 0 Å². The van der Waals surface area contributed by atoms with Crippen molar-refractivity contribution >= 4 is 71.5 Å². The number of carbonyl (C=O) groups is 10. The van der Waals surface area contributed by atoms with Gasteiger partial charge in [-0.3, -0.25) is 24.0 Å². The van der Waals surface area contributed by atoms with E-state index in [9.17, 15) is 47.9 Å². The highest BCUT2D eigenvalue weighted by Gasteiger charge is 2.59. The lowest BCUT2D eigenvalue weighted by atomic mass is 9.96. The van der Waals surface area contributed by atoms with Gasteiger partial charge in [0.15, 0.2) is 61.4 Å². The third-order valence-corrected chi connectivity index (χ3v) is 14.9. The molecule has 5 aromatic rings. The first-order chi connectivity index (χ1) is 43.8. The van der Waals surface area contributed by atoms with Crippen molar-refractivity contribution in [1.82, 2.24) is 0 Å². The molecule has 0 N–H and O–H groups in total. The number of rotatable bonds is 24. The van der Waals surface area contributed by atoms with Gasteiger partial charge in [-0.25, -0.2) is 24.0 Å². The van der Waals surface area contributed by atoms with Crippen LogP contribution in [0, 0.1) is 0 Å². The maximum atomic E-state index is 14.7. The van der Waals surface area contributed by atoms with Gasteiger partial charge < -0.3 is 71.1 Å². The molecule has 3 heterocycles. The largest absolute Gasteiger partial charge is 0.463 e. The molecular weight excluding hydrogens is 1210 g/mol. The van der Waals surface area contributed by atoms with E-state index in [2.05, 4.69) is 0 Å².